The number of halogens is 1. The number of cyclic esters (lactones) is 1. The van der Waals surface area contributed by atoms with E-state index in [0.29, 0.717) is 24.2 Å². The summed E-state index contributed by atoms with van der Waals surface area (Å²) in [5.41, 5.74) is 4.00. The molecule has 0 fully saturated rings. The monoisotopic (exact) mass is 404 g/mol. The summed E-state index contributed by atoms with van der Waals surface area (Å²) in [6, 6.07) is 18.9. The van der Waals surface area contributed by atoms with Gasteiger partial charge in [0.25, 0.3) is 0 Å². The third-order valence-corrected chi connectivity index (χ3v) is 5.45. The Bertz CT molecular complexity index is 1040. The number of esters is 1. The largest absolute Gasteiger partial charge is 0.494 e. The van der Waals surface area contributed by atoms with E-state index < -0.39 is 17.9 Å². The summed E-state index contributed by atoms with van der Waals surface area (Å²) in [7, 11) is 0. The van der Waals surface area contributed by atoms with E-state index in [1.54, 1.807) is 6.07 Å². The highest BCUT2D eigenvalue weighted by atomic mass is 19.1. The SMILES string of the molecule is CCCc1ccc(-c2ccc3c(c2F)C(=O)OC(c2ccc(OCC)cc2)C3)cc1. The Hall–Kier alpha value is -3.14. The molecule has 1 unspecified atom stereocenters. The van der Waals surface area contributed by atoms with E-state index in [0.717, 1.165) is 29.7 Å². The maximum atomic E-state index is 15.3. The minimum atomic E-state index is -0.614. The van der Waals surface area contributed by atoms with Crippen molar-refractivity contribution in [1.82, 2.24) is 0 Å². The van der Waals surface area contributed by atoms with Crippen LogP contribution in [-0.2, 0) is 17.6 Å². The molecule has 1 aliphatic rings. The molecule has 3 aromatic carbocycles. The van der Waals surface area contributed by atoms with Crippen molar-refractivity contribution in [2.75, 3.05) is 6.61 Å². The zero-order valence-corrected chi connectivity index (χ0v) is 17.3. The van der Waals surface area contributed by atoms with Crippen LogP contribution in [0, 0.1) is 5.82 Å². The van der Waals surface area contributed by atoms with Gasteiger partial charge in [-0.05, 0) is 47.7 Å². The predicted molar refractivity (Wildman–Crippen MR) is 115 cm³/mol. The van der Waals surface area contributed by atoms with Crippen molar-refractivity contribution in [3.05, 3.63) is 88.7 Å². The number of fused-ring (bicyclic) bond motifs is 1. The zero-order chi connectivity index (χ0) is 21.1. The van der Waals surface area contributed by atoms with Gasteiger partial charge in [0.2, 0.25) is 0 Å². The molecule has 0 bridgehead atoms. The molecule has 30 heavy (non-hydrogen) atoms. The van der Waals surface area contributed by atoms with Gasteiger partial charge in [0.05, 0.1) is 12.2 Å². The lowest BCUT2D eigenvalue weighted by molar-refractivity contribution is 0.0246. The van der Waals surface area contributed by atoms with E-state index in [4.69, 9.17) is 9.47 Å². The molecule has 0 radical (unpaired) electrons. The van der Waals surface area contributed by atoms with Crippen LogP contribution in [0.1, 0.15) is 53.4 Å². The molecule has 3 nitrogen and oxygen atoms in total. The van der Waals surface area contributed by atoms with Gasteiger partial charge in [0, 0.05) is 12.0 Å². The van der Waals surface area contributed by atoms with Crippen LogP contribution in [0.3, 0.4) is 0 Å². The molecule has 0 saturated heterocycles. The molecule has 4 rings (SSSR count). The predicted octanol–water partition coefficient (Wildman–Crippen LogP) is 6.30. The van der Waals surface area contributed by atoms with Crippen LogP contribution in [-0.4, -0.2) is 12.6 Å². The Morgan fingerprint density at radius 3 is 2.40 bits per heavy atom. The van der Waals surface area contributed by atoms with Gasteiger partial charge < -0.3 is 9.47 Å². The molecule has 0 amide bonds. The summed E-state index contributed by atoms with van der Waals surface area (Å²) in [6.07, 6.45) is 2.07. The summed E-state index contributed by atoms with van der Waals surface area (Å²) in [5.74, 6) is -0.354. The standard InChI is InChI=1S/C26H25FO3/c1-3-5-17-6-8-18(9-7-17)22-15-12-20-16-23(30-26(28)24(20)25(22)27)19-10-13-21(14-11-19)29-4-2/h6-15,23H,3-5,16H2,1-2H3. The van der Waals surface area contributed by atoms with Crippen LogP contribution in [0.15, 0.2) is 60.7 Å². The third-order valence-electron chi connectivity index (χ3n) is 5.45. The molecular formula is C26H25FO3. The summed E-state index contributed by atoms with van der Waals surface area (Å²) in [6.45, 7) is 4.65. The number of benzene rings is 3. The van der Waals surface area contributed by atoms with Crippen molar-refractivity contribution in [2.24, 2.45) is 0 Å². The number of ether oxygens (including phenoxy) is 2. The number of carbonyl (C=O) groups is 1. The Morgan fingerprint density at radius 1 is 1.00 bits per heavy atom. The van der Waals surface area contributed by atoms with E-state index in [1.807, 2.05) is 61.5 Å². The molecule has 1 atom stereocenters. The molecule has 0 spiro atoms. The van der Waals surface area contributed by atoms with Crippen LogP contribution in [0.4, 0.5) is 4.39 Å². The number of hydrogen-bond acceptors (Lipinski definition) is 3. The molecule has 0 aliphatic carbocycles. The average Bonchev–Trinajstić information content (AvgIpc) is 2.75. The Balaban J connectivity index is 1.61. The molecule has 0 aromatic heterocycles. The first-order valence-electron chi connectivity index (χ1n) is 10.4. The fourth-order valence-corrected chi connectivity index (χ4v) is 3.93. The van der Waals surface area contributed by atoms with Crippen molar-refractivity contribution in [2.45, 2.75) is 39.2 Å². The van der Waals surface area contributed by atoms with E-state index in [9.17, 15) is 4.79 Å². The highest BCUT2D eigenvalue weighted by Crippen LogP contribution is 2.36. The van der Waals surface area contributed by atoms with E-state index >= 15 is 4.39 Å². The van der Waals surface area contributed by atoms with Crippen LogP contribution >= 0.6 is 0 Å². The quantitative estimate of drug-likeness (QED) is 0.452. The fraction of sp³-hybridized carbons (Fsp3) is 0.269. The Kier molecular flexibility index (Phi) is 5.84. The van der Waals surface area contributed by atoms with Gasteiger partial charge in [-0.15, -0.1) is 0 Å². The average molecular weight is 404 g/mol. The lowest BCUT2D eigenvalue weighted by Crippen LogP contribution is -2.23. The summed E-state index contributed by atoms with van der Waals surface area (Å²) >= 11 is 0. The van der Waals surface area contributed by atoms with Gasteiger partial charge in [0.15, 0.2) is 0 Å². The van der Waals surface area contributed by atoms with E-state index in [-0.39, 0.29) is 5.56 Å². The summed E-state index contributed by atoms with van der Waals surface area (Å²) < 4.78 is 26.4. The smallest absolute Gasteiger partial charge is 0.342 e. The fourth-order valence-electron chi connectivity index (χ4n) is 3.93. The maximum absolute atomic E-state index is 15.3. The highest BCUT2D eigenvalue weighted by Gasteiger charge is 2.31. The highest BCUT2D eigenvalue weighted by molar-refractivity contribution is 5.94. The van der Waals surface area contributed by atoms with Gasteiger partial charge in [-0.3, -0.25) is 0 Å². The van der Waals surface area contributed by atoms with Crippen molar-refractivity contribution in [1.29, 1.82) is 0 Å². The van der Waals surface area contributed by atoms with Gasteiger partial charge >= 0.3 is 5.97 Å². The lowest BCUT2D eigenvalue weighted by Gasteiger charge is -2.26. The van der Waals surface area contributed by atoms with Gasteiger partial charge in [-0.2, -0.15) is 0 Å². The topological polar surface area (TPSA) is 35.5 Å². The molecule has 0 N–H and O–H groups in total. The molecule has 0 saturated carbocycles. The maximum Gasteiger partial charge on any atom is 0.342 e. The summed E-state index contributed by atoms with van der Waals surface area (Å²) in [4.78, 5) is 12.7. The summed E-state index contributed by atoms with van der Waals surface area (Å²) in [5, 5.41) is 0. The molecular weight excluding hydrogens is 379 g/mol. The molecule has 4 heteroatoms. The third kappa shape index (κ3) is 3.95. The van der Waals surface area contributed by atoms with Crippen molar-refractivity contribution in [3.8, 4) is 16.9 Å². The van der Waals surface area contributed by atoms with E-state index in [1.165, 1.54) is 5.56 Å². The van der Waals surface area contributed by atoms with Gasteiger partial charge in [-0.1, -0.05) is 61.9 Å². The molecule has 154 valence electrons. The lowest BCUT2D eigenvalue weighted by atomic mass is 9.91. The van der Waals surface area contributed by atoms with Crippen LogP contribution in [0.5, 0.6) is 5.75 Å². The van der Waals surface area contributed by atoms with Crippen molar-refractivity contribution in [3.63, 3.8) is 0 Å². The van der Waals surface area contributed by atoms with Crippen molar-refractivity contribution >= 4 is 5.97 Å². The van der Waals surface area contributed by atoms with Crippen LogP contribution in [0.25, 0.3) is 11.1 Å². The van der Waals surface area contributed by atoms with Gasteiger partial charge in [-0.25, -0.2) is 9.18 Å². The second kappa shape index (κ2) is 8.70. The first-order chi connectivity index (χ1) is 14.6. The minimum absolute atomic E-state index is 0.0484. The normalized spacial score (nSPS) is 15.4. The Morgan fingerprint density at radius 2 is 1.73 bits per heavy atom. The second-order valence-electron chi connectivity index (χ2n) is 7.51. The molecule has 3 aromatic rings. The van der Waals surface area contributed by atoms with Crippen LogP contribution in [0.2, 0.25) is 0 Å². The molecule has 1 heterocycles. The zero-order valence-electron chi connectivity index (χ0n) is 17.3. The van der Waals surface area contributed by atoms with E-state index in [2.05, 4.69) is 6.92 Å². The number of aryl methyl sites for hydroxylation is 1. The number of hydrogen-bond donors (Lipinski definition) is 0. The second-order valence-corrected chi connectivity index (χ2v) is 7.51. The number of carbonyl (C=O) groups excluding carboxylic acids is 1. The van der Waals surface area contributed by atoms with Crippen LogP contribution < -0.4 is 4.74 Å². The first-order valence-corrected chi connectivity index (χ1v) is 10.4. The Labute approximate surface area is 176 Å². The molecule has 1 aliphatic heterocycles. The first kappa shape index (κ1) is 20.1. The van der Waals surface area contributed by atoms with Crippen molar-refractivity contribution < 1.29 is 18.7 Å². The minimum Gasteiger partial charge on any atom is -0.494 e. The number of rotatable bonds is 6. The van der Waals surface area contributed by atoms with Gasteiger partial charge in [0.1, 0.15) is 17.7 Å².